The van der Waals surface area contributed by atoms with E-state index in [2.05, 4.69) is 0 Å². The fourth-order valence-corrected chi connectivity index (χ4v) is 2.47. The lowest BCUT2D eigenvalue weighted by molar-refractivity contribution is 0.104. The second-order valence-corrected chi connectivity index (χ2v) is 5.16. The molecule has 1 aromatic carbocycles. The van der Waals surface area contributed by atoms with E-state index in [0.717, 1.165) is 15.3 Å². The van der Waals surface area contributed by atoms with Gasteiger partial charge >= 0.3 is 0 Å². The monoisotopic (exact) mass is 231 g/mol. The molecule has 2 nitrogen and oxygen atoms in total. The third kappa shape index (κ3) is 2.14. The highest BCUT2D eigenvalue weighted by atomic mass is 32.1. The molecule has 0 spiro atoms. The predicted molar refractivity (Wildman–Crippen MR) is 68.1 cm³/mol. The maximum absolute atomic E-state index is 12.1. The highest BCUT2D eigenvalue weighted by molar-refractivity contribution is 7.14. The summed E-state index contributed by atoms with van der Waals surface area (Å²) < 4.78 is 0. The summed E-state index contributed by atoms with van der Waals surface area (Å²) in [5, 5.41) is 0. The third-order valence-electron chi connectivity index (χ3n) is 2.33. The van der Waals surface area contributed by atoms with Gasteiger partial charge in [-0.2, -0.15) is 0 Å². The molecule has 0 fully saturated rings. The Morgan fingerprint density at radius 1 is 1.19 bits per heavy atom. The van der Waals surface area contributed by atoms with E-state index in [9.17, 15) is 4.79 Å². The van der Waals surface area contributed by atoms with Gasteiger partial charge in [-0.15, -0.1) is 11.3 Å². The molecule has 0 aliphatic heterocycles. The van der Waals surface area contributed by atoms with Crippen molar-refractivity contribution in [3.63, 3.8) is 0 Å². The molecule has 0 radical (unpaired) electrons. The van der Waals surface area contributed by atoms with E-state index in [1.807, 2.05) is 38.1 Å². The Bertz CT molecular complexity index is 522. The van der Waals surface area contributed by atoms with Crippen LogP contribution >= 0.6 is 11.3 Å². The lowest BCUT2D eigenvalue weighted by Gasteiger charge is -2.02. The molecule has 2 aromatic rings. The zero-order chi connectivity index (χ0) is 11.7. The van der Waals surface area contributed by atoms with Gasteiger partial charge in [-0.05, 0) is 49.7 Å². The number of ketones is 1. The average Bonchev–Trinajstić information content (AvgIpc) is 2.62. The summed E-state index contributed by atoms with van der Waals surface area (Å²) in [4.78, 5) is 14.0. The van der Waals surface area contributed by atoms with Gasteiger partial charge in [-0.1, -0.05) is 0 Å². The largest absolute Gasteiger partial charge is 0.399 e. The van der Waals surface area contributed by atoms with Crippen LogP contribution in [0.3, 0.4) is 0 Å². The Kier molecular flexibility index (Phi) is 2.79. The molecule has 82 valence electrons. The number of benzene rings is 1. The number of hydrogen-bond donors (Lipinski definition) is 1. The summed E-state index contributed by atoms with van der Waals surface area (Å²) in [6.07, 6.45) is 0. The minimum atomic E-state index is 0.0495. The average molecular weight is 231 g/mol. The van der Waals surface area contributed by atoms with Gasteiger partial charge in [0, 0.05) is 16.1 Å². The summed E-state index contributed by atoms with van der Waals surface area (Å²) in [6.45, 7) is 3.93. The number of hydrogen-bond acceptors (Lipinski definition) is 3. The standard InChI is InChI=1S/C13H13NOS/c1-8-5-10(7-11(14)6-8)13(15)12-4-3-9(2)16-12/h3-7H,14H2,1-2H3. The van der Waals surface area contributed by atoms with Gasteiger partial charge in [-0.3, -0.25) is 4.79 Å². The van der Waals surface area contributed by atoms with Gasteiger partial charge in [-0.25, -0.2) is 0 Å². The lowest BCUT2D eigenvalue weighted by Crippen LogP contribution is -2.00. The molecule has 3 heteroatoms. The van der Waals surface area contributed by atoms with Crippen molar-refractivity contribution in [3.8, 4) is 0 Å². The molecular weight excluding hydrogens is 218 g/mol. The Labute approximate surface area is 98.7 Å². The topological polar surface area (TPSA) is 43.1 Å². The number of carbonyl (C=O) groups excluding carboxylic acids is 1. The fraction of sp³-hybridized carbons (Fsp3) is 0.154. The number of rotatable bonds is 2. The molecule has 0 saturated heterocycles. The van der Waals surface area contributed by atoms with Crippen molar-refractivity contribution in [2.45, 2.75) is 13.8 Å². The first kappa shape index (κ1) is 10.9. The van der Waals surface area contributed by atoms with Crippen LogP contribution in [0.15, 0.2) is 30.3 Å². The van der Waals surface area contributed by atoms with E-state index < -0.39 is 0 Å². The van der Waals surface area contributed by atoms with Crippen LogP contribution in [0.4, 0.5) is 5.69 Å². The first-order chi connectivity index (χ1) is 7.56. The SMILES string of the molecule is Cc1cc(N)cc(C(=O)c2ccc(C)s2)c1. The molecule has 0 atom stereocenters. The summed E-state index contributed by atoms with van der Waals surface area (Å²) >= 11 is 1.51. The minimum absolute atomic E-state index is 0.0495. The van der Waals surface area contributed by atoms with Crippen molar-refractivity contribution in [2.24, 2.45) is 0 Å². The molecule has 0 unspecified atom stereocenters. The molecule has 0 amide bonds. The van der Waals surface area contributed by atoms with Crippen LogP contribution < -0.4 is 5.73 Å². The maximum Gasteiger partial charge on any atom is 0.203 e. The molecule has 1 aromatic heterocycles. The van der Waals surface area contributed by atoms with E-state index in [-0.39, 0.29) is 5.78 Å². The fourth-order valence-electron chi connectivity index (χ4n) is 1.64. The Balaban J connectivity index is 2.41. The molecular formula is C13H13NOS. The molecule has 0 aliphatic rings. The van der Waals surface area contributed by atoms with Gasteiger partial charge in [0.15, 0.2) is 0 Å². The van der Waals surface area contributed by atoms with Crippen molar-refractivity contribution >= 4 is 22.8 Å². The lowest BCUT2D eigenvalue weighted by atomic mass is 10.1. The van der Waals surface area contributed by atoms with Gasteiger partial charge < -0.3 is 5.73 Å². The van der Waals surface area contributed by atoms with Crippen LogP contribution in [0.2, 0.25) is 0 Å². The molecule has 1 heterocycles. The van der Waals surface area contributed by atoms with Crippen LogP contribution in [-0.4, -0.2) is 5.78 Å². The van der Waals surface area contributed by atoms with Gasteiger partial charge in [0.05, 0.1) is 4.88 Å². The zero-order valence-corrected chi connectivity index (χ0v) is 10.1. The van der Waals surface area contributed by atoms with E-state index in [1.165, 1.54) is 11.3 Å². The van der Waals surface area contributed by atoms with E-state index >= 15 is 0 Å². The zero-order valence-electron chi connectivity index (χ0n) is 9.28. The van der Waals surface area contributed by atoms with Crippen molar-refractivity contribution in [1.82, 2.24) is 0 Å². The highest BCUT2D eigenvalue weighted by Crippen LogP contribution is 2.21. The number of carbonyl (C=O) groups is 1. The molecule has 2 N–H and O–H groups in total. The molecule has 2 rings (SSSR count). The summed E-state index contributed by atoms with van der Waals surface area (Å²) in [6, 6.07) is 9.27. The van der Waals surface area contributed by atoms with Crippen molar-refractivity contribution in [2.75, 3.05) is 5.73 Å². The van der Waals surface area contributed by atoms with Crippen LogP contribution in [0.1, 0.15) is 25.7 Å². The summed E-state index contributed by atoms with van der Waals surface area (Å²) in [5.41, 5.74) is 8.04. The second kappa shape index (κ2) is 4.10. The van der Waals surface area contributed by atoms with Crippen molar-refractivity contribution < 1.29 is 4.79 Å². The van der Waals surface area contributed by atoms with Crippen molar-refractivity contribution in [1.29, 1.82) is 0 Å². The number of aryl methyl sites for hydroxylation is 2. The Hall–Kier alpha value is -1.61. The second-order valence-electron chi connectivity index (χ2n) is 3.87. The van der Waals surface area contributed by atoms with Gasteiger partial charge in [0.2, 0.25) is 5.78 Å². The Morgan fingerprint density at radius 2 is 1.94 bits per heavy atom. The van der Waals surface area contributed by atoms with Crippen LogP contribution in [0, 0.1) is 13.8 Å². The van der Waals surface area contributed by atoms with Gasteiger partial charge in [0.1, 0.15) is 0 Å². The van der Waals surface area contributed by atoms with E-state index in [1.54, 1.807) is 6.07 Å². The Morgan fingerprint density at radius 3 is 2.50 bits per heavy atom. The number of nitrogens with two attached hydrogens (primary N) is 1. The van der Waals surface area contributed by atoms with Crippen LogP contribution in [0.5, 0.6) is 0 Å². The molecule has 0 saturated carbocycles. The summed E-state index contributed by atoms with van der Waals surface area (Å²) in [5.74, 6) is 0.0495. The number of nitrogen functional groups attached to an aromatic ring is 1. The first-order valence-electron chi connectivity index (χ1n) is 5.04. The number of anilines is 1. The predicted octanol–water partition coefficient (Wildman–Crippen LogP) is 3.18. The molecule has 16 heavy (non-hydrogen) atoms. The van der Waals surface area contributed by atoms with E-state index in [4.69, 9.17) is 5.73 Å². The van der Waals surface area contributed by atoms with Crippen molar-refractivity contribution in [3.05, 3.63) is 51.2 Å². The normalized spacial score (nSPS) is 10.4. The molecule has 0 bridgehead atoms. The molecule has 0 aliphatic carbocycles. The third-order valence-corrected chi connectivity index (χ3v) is 3.33. The quantitative estimate of drug-likeness (QED) is 0.637. The van der Waals surface area contributed by atoms with Crippen LogP contribution in [-0.2, 0) is 0 Å². The minimum Gasteiger partial charge on any atom is -0.399 e. The number of thiophene rings is 1. The first-order valence-corrected chi connectivity index (χ1v) is 5.86. The van der Waals surface area contributed by atoms with Gasteiger partial charge in [0.25, 0.3) is 0 Å². The van der Waals surface area contributed by atoms with E-state index in [0.29, 0.717) is 11.3 Å². The van der Waals surface area contributed by atoms with Crippen LogP contribution in [0.25, 0.3) is 0 Å². The maximum atomic E-state index is 12.1. The summed E-state index contributed by atoms with van der Waals surface area (Å²) in [7, 11) is 0. The highest BCUT2D eigenvalue weighted by Gasteiger charge is 2.11. The smallest absolute Gasteiger partial charge is 0.203 e.